The Morgan fingerprint density at radius 1 is 0.333 bits per heavy atom. The van der Waals surface area contributed by atoms with Crippen molar-refractivity contribution in [2.75, 3.05) is 0 Å². The summed E-state index contributed by atoms with van der Waals surface area (Å²) in [7, 11) is -6.69. The zero-order valence-corrected chi connectivity index (χ0v) is 53.1. The van der Waals surface area contributed by atoms with E-state index in [2.05, 4.69) is 159 Å². The van der Waals surface area contributed by atoms with Gasteiger partial charge >= 0.3 is 16.8 Å². The van der Waals surface area contributed by atoms with Crippen LogP contribution in [0.4, 0.5) is 22.7 Å². The van der Waals surface area contributed by atoms with Gasteiger partial charge in [-0.1, -0.05) is 251 Å². The van der Waals surface area contributed by atoms with Crippen LogP contribution in [0.15, 0.2) is 179 Å². The molecule has 2 heterocycles. The summed E-state index contributed by atoms with van der Waals surface area (Å²) in [6.45, 7) is 35.4. The van der Waals surface area contributed by atoms with Gasteiger partial charge in [0.15, 0.2) is 0 Å². The van der Waals surface area contributed by atoms with Gasteiger partial charge in [0.2, 0.25) is 0 Å². The maximum Gasteiger partial charge on any atom is 2.00 e. The first-order valence-electron chi connectivity index (χ1n) is 27.9. The Hall–Kier alpha value is -6.47. The van der Waals surface area contributed by atoms with Gasteiger partial charge in [-0.15, -0.1) is 11.4 Å². The molecule has 8 aromatic rings. The number of aryl methyl sites for hydroxylation is 4. The maximum absolute atomic E-state index is 7.16. The first-order chi connectivity index (χ1) is 37.7. The van der Waals surface area contributed by atoms with E-state index in [1.807, 2.05) is 121 Å². The third-order valence-corrected chi connectivity index (χ3v) is 17.7. The summed E-state index contributed by atoms with van der Waals surface area (Å²) in [5.74, 6) is 3.32. The topological polar surface area (TPSA) is 89.8 Å². The van der Waals surface area contributed by atoms with Gasteiger partial charge in [-0.05, 0) is 95.9 Å². The molecule has 0 N–H and O–H groups in total. The molecular weight excluding hydrogens is 1080 g/mol. The molecule has 11 heteroatoms. The van der Waals surface area contributed by atoms with Crippen LogP contribution < -0.4 is 18.1 Å². The van der Waals surface area contributed by atoms with Crippen LogP contribution in [0.1, 0.15) is 150 Å². The Kier molecular flexibility index (Phi) is 17.8. The Bertz CT molecular complexity index is 3260. The molecule has 2 aliphatic heterocycles. The fourth-order valence-corrected chi connectivity index (χ4v) is 14.3. The molecule has 0 saturated heterocycles. The van der Waals surface area contributed by atoms with E-state index in [9.17, 15) is 0 Å². The summed E-state index contributed by atoms with van der Waals surface area (Å²) in [6.07, 6.45) is 1.41. The average Bonchev–Trinajstić information content (AvgIpc) is 3.52. The van der Waals surface area contributed by atoms with Gasteiger partial charge in [0, 0.05) is 35.1 Å². The van der Waals surface area contributed by atoms with Gasteiger partial charge < -0.3 is 28.3 Å². The predicted octanol–water partition coefficient (Wildman–Crippen LogP) is 22.5. The van der Waals surface area contributed by atoms with Crippen LogP contribution in [0.2, 0.25) is 0 Å². The largest absolute Gasteiger partial charge is 2.00 e. The fourth-order valence-electron chi connectivity index (χ4n) is 10.3. The van der Waals surface area contributed by atoms with E-state index in [0.717, 1.165) is 90.3 Å². The van der Waals surface area contributed by atoms with Crippen molar-refractivity contribution in [3.05, 3.63) is 247 Å². The second-order valence-corrected chi connectivity index (χ2v) is 29.1. The van der Waals surface area contributed by atoms with Crippen molar-refractivity contribution in [2.24, 2.45) is 9.49 Å². The summed E-state index contributed by atoms with van der Waals surface area (Å²) >= 11 is 0. The molecule has 0 aliphatic carbocycles. The normalized spacial score (nSPS) is 14.3. The minimum absolute atomic E-state index is 0. The summed E-state index contributed by atoms with van der Waals surface area (Å²) in [6, 6.07) is 57.6. The van der Waals surface area contributed by atoms with E-state index in [0.29, 0.717) is 12.8 Å². The second-order valence-electron chi connectivity index (χ2n) is 25.6. The zero-order chi connectivity index (χ0) is 57.4. The second kappa shape index (κ2) is 23.8. The van der Waals surface area contributed by atoms with Crippen LogP contribution in [0, 0.1) is 27.7 Å². The average molecular weight is 1160 g/mol. The number of hydrogen-bond donors (Lipinski definition) is 0. The number of hydrogen-bond acceptors (Lipinski definition) is 6. The molecule has 8 aromatic carbocycles. The molecule has 0 unspecified atom stereocenters. The number of benzene rings is 8. The minimum Gasteiger partial charge on any atom is -0.580 e. The smallest absolute Gasteiger partial charge is 0.580 e. The van der Waals surface area contributed by atoms with Crippen molar-refractivity contribution < 1.29 is 34.9 Å². The Morgan fingerprint density at radius 3 is 0.778 bits per heavy atom. The van der Waals surface area contributed by atoms with Crippen LogP contribution in [0.5, 0.6) is 23.0 Å². The van der Waals surface area contributed by atoms with E-state index < -0.39 is 15.3 Å². The zero-order valence-electron chi connectivity index (χ0n) is 50.2. The van der Waals surface area contributed by atoms with Crippen LogP contribution >= 0.6 is 15.3 Å². The molecule has 10 rings (SSSR count). The van der Waals surface area contributed by atoms with E-state index in [1.165, 1.54) is 22.3 Å². The predicted molar refractivity (Wildman–Crippen MR) is 337 cm³/mol. The third-order valence-electron chi connectivity index (χ3n) is 14.1. The summed E-state index contributed by atoms with van der Waals surface area (Å²) in [5, 5.41) is 10.5. The molecule has 8 nitrogen and oxygen atoms in total. The van der Waals surface area contributed by atoms with Gasteiger partial charge in [0.05, 0.1) is 11.4 Å². The van der Waals surface area contributed by atoms with Gasteiger partial charge in [0.25, 0.3) is 15.3 Å². The van der Waals surface area contributed by atoms with Crippen LogP contribution in [-0.4, -0.2) is 0 Å². The Balaban J connectivity index is 0.000000210. The van der Waals surface area contributed by atoms with Gasteiger partial charge in [-0.25, -0.2) is 9.49 Å². The van der Waals surface area contributed by atoms with Gasteiger partial charge in [-0.2, -0.15) is 0 Å². The van der Waals surface area contributed by atoms with Gasteiger partial charge in [-0.3, -0.25) is 0 Å². The van der Waals surface area contributed by atoms with Crippen molar-refractivity contribution in [1.82, 2.24) is 0 Å². The molecule has 0 atom stereocenters. The summed E-state index contributed by atoms with van der Waals surface area (Å²) < 4.78 is 39.1. The van der Waals surface area contributed by atoms with E-state index in [1.54, 1.807) is 0 Å². The van der Waals surface area contributed by atoms with Crippen molar-refractivity contribution >= 4 is 38.1 Å². The molecule has 0 aromatic heterocycles. The molecule has 0 saturated carbocycles. The summed E-state index contributed by atoms with van der Waals surface area (Å²) in [5.41, 5.74) is 16.4. The van der Waals surface area contributed by atoms with Gasteiger partial charge in [0.1, 0.15) is 23.0 Å². The molecule has 0 spiro atoms. The van der Waals surface area contributed by atoms with E-state index >= 15 is 0 Å². The number of fused-ring (bicyclic) bond motifs is 4. The standard InChI is InChI=1S/2C35H40N2O2P.Co/c2*1-24-19-26-23-27-20-25(2)22-31(35(6,7)8)33(27)39-40(36-28-15-11-9-12-16-28,37-29-17-13-10-14-18-29)38-32(26)30(21-24)34(3,4)5;/h2*9-22H,23H2,1-8H3;/q2*-1;+2. The Morgan fingerprint density at radius 2 is 0.556 bits per heavy atom. The van der Waals surface area contributed by atoms with Crippen molar-refractivity contribution in [3.63, 3.8) is 0 Å². The summed E-state index contributed by atoms with van der Waals surface area (Å²) in [4.78, 5) is 0. The molecule has 0 fully saturated rings. The molecule has 0 amide bonds. The third kappa shape index (κ3) is 14.4. The molecule has 423 valence electrons. The maximum atomic E-state index is 7.16. The monoisotopic (exact) mass is 1160 g/mol. The molecular formula is C70H80CoN4O4P2. The van der Waals surface area contributed by atoms with E-state index in [4.69, 9.17) is 37.8 Å². The number of rotatable bonds is 6. The fraction of sp³-hybridized carbons (Fsp3) is 0.314. The molecule has 1 radical (unpaired) electrons. The van der Waals surface area contributed by atoms with Crippen LogP contribution in [0.25, 0.3) is 10.2 Å². The van der Waals surface area contributed by atoms with Crippen LogP contribution in [0.3, 0.4) is 0 Å². The molecule has 2 aliphatic rings. The molecule has 0 bridgehead atoms. The quantitative estimate of drug-likeness (QED) is 0.155. The van der Waals surface area contributed by atoms with E-state index in [-0.39, 0.29) is 38.4 Å². The number of nitrogens with zero attached hydrogens (tertiary/aromatic N) is 4. The van der Waals surface area contributed by atoms with Crippen LogP contribution in [-0.2, 0) is 51.3 Å². The molecule has 81 heavy (non-hydrogen) atoms. The Labute approximate surface area is 494 Å². The first-order valence-corrected chi connectivity index (χ1v) is 31.0. The van der Waals surface area contributed by atoms with Crippen molar-refractivity contribution in [2.45, 2.75) is 145 Å². The first kappa shape index (κ1) is 60.6. The van der Waals surface area contributed by atoms with Crippen molar-refractivity contribution in [1.29, 1.82) is 0 Å². The SMILES string of the molecule is Cc1cc2c(c(C(C)(C)C)c1)OP(=Nc1ccccc1)([N-]c1ccccc1)Oc1c(cc(C)cc1C(C)(C)C)C2.Cc1cc2c(c(C(C)(C)C)c1)OP(=Nc1ccccc1)([N-]c1ccccc1)Oc1c(cc(C)cc1C(C)(C)C)C2.[Co+2]. The minimum atomic E-state index is -3.34. The van der Waals surface area contributed by atoms with Crippen molar-refractivity contribution in [3.8, 4) is 23.0 Å².